The van der Waals surface area contributed by atoms with E-state index >= 15 is 0 Å². The van der Waals surface area contributed by atoms with Gasteiger partial charge in [0.1, 0.15) is 0 Å². The molecule has 3 nitrogen and oxygen atoms in total. The van der Waals surface area contributed by atoms with Gasteiger partial charge in [0, 0.05) is 0 Å². The van der Waals surface area contributed by atoms with Gasteiger partial charge < -0.3 is 4.52 Å². The van der Waals surface area contributed by atoms with Crippen LogP contribution in [0.2, 0.25) is 0 Å². The monoisotopic (exact) mass is 237 g/mol. The van der Waals surface area contributed by atoms with Crippen LogP contribution < -0.4 is 0 Å². The molecule has 0 spiro atoms. The first-order valence-electron chi connectivity index (χ1n) is 2.32. The Morgan fingerprint density at radius 3 is 2.67 bits per heavy atom. The first kappa shape index (κ1) is 6.73. The molecule has 4 heteroatoms. The number of hydrogen-bond donors (Lipinski definition) is 0. The molecule has 0 amide bonds. The van der Waals surface area contributed by atoms with Crippen molar-refractivity contribution in [1.82, 2.24) is 5.16 Å². The second kappa shape index (κ2) is 2.47. The number of hydrogen-bond acceptors (Lipinski definition) is 3. The summed E-state index contributed by atoms with van der Waals surface area (Å²) in [6, 6.07) is 0. The summed E-state index contributed by atoms with van der Waals surface area (Å²) in [6.45, 7) is 1.79. The van der Waals surface area contributed by atoms with Gasteiger partial charge in [0.25, 0.3) is 0 Å². The topological polar surface area (TPSA) is 43.1 Å². The molecule has 0 aliphatic carbocycles. The summed E-state index contributed by atoms with van der Waals surface area (Å²) in [7, 11) is 0. The van der Waals surface area contributed by atoms with Crippen molar-refractivity contribution in [3.8, 4) is 0 Å². The summed E-state index contributed by atoms with van der Waals surface area (Å²) in [5.74, 6) is 0.313. The number of aromatic nitrogens is 1. The van der Waals surface area contributed by atoms with E-state index in [9.17, 15) is 4.79 Å². The SMILES string of the molecule is Cc1noc(C=O)c1I. The summed E-state index contributed by atoms with van der Waals surface area (Å²) in [6.07, 6.45) is 0.655. The Balaban J connectivity index is 3.18. The standard InChI is InChI=1S/C5H4INO2/c1-3-5(6)4(2-8)9-7-3/h2H,1H3. The number of aldehydes is 1. The fourth-order valence-electron chi connectivity index (χ4n) is 0.449. The number of carbonyl (C=O) groups excluding carboxylic acids is 1. The molecule has 0 N–H and O–H groups in total. The van der Waals surface area contributed by atoms with Crippen LogP contribution in [0.25, 0.3) is 0 Å². The number of halogens is 1. The Hall–Kier alpha value is -0.390. The van der Waals surface area contributed by atoms with Gasteiger partial charge in [-0.3, -0.25) is 4.79 Å². The molecular formula is C5H4INO2. The zero-order chi connectivity index (χ0) is 6.85. The molecule has 1 rings (SSSR count). The van der Waals surface area contributed by atoms with E-state index in [1.54, 1.807) is 6.92 Å². The third kappa shape index (κ3) is 1.12. The van der Waals surface area contributed by atoms with Crippen molar-refractivity contribution in [3.63, 3.8) is 0 Å². The van der Waals surface area contributed by atoms with Crippen LogP contribution in [-0.4, -0.2) is 11.4 Å². The maximum absolute atomic E-state index is 10.1. The van der Waals surface area contributed by atoms with E-state index in [2.05, 4.69) is 9.68 Å². The predicted octanol–water partition coefficient (Wildman–Crippen LogP) is 1.40. The molecule has 0 aromatic carbocycles. The van der Waals surface area contributed by atoms with Crippen LogP contribution >= 0.6 is 22.6 Å². The van der Waals surface area contributed by atoms with E-state index in [0.717, 1.165) is 9.26 Å². The van der Waals surface area contributed by atoms with Gasteiger partial charge in [-0.1, -0.05) is 5.16 Å². The third-order valence-corrected chi connectivity index (χ3v) is 2.23. The summed E-state index contributed by atoms with van der Waals surface area (Å²) < 4.78 is 5.41. The van der Waals surface area contributed by atoms with Gasteiger partial charge in [-0.15, -0.1) is 0 Å². The zero-order valence-corrected chi connectivity index (χ0v) is 6.88. The van der Waals surface area contributed by atoms with Crippen LogP contribution in [0.4, 0.5) is 0 Å². The fraction of sp³-hybridized carbons (Fsp3) is 0.200. The lowest BCUT2D eigenvalue weighted by Crippen LogP contribution is -1.77. The highest BCUT2D eigenvalue weighted by molar-refractivity contribution is 14.1. The van der Waals surface area contributed by atoms with E-state index in [-0.39, 0.29) is 0 Å². The van der Waals surface area contributed by atoms with E-state index in [1.165, 1.54) is 0 Å². The maximum Gasteiger partial charge on any atom is 0.212 e. The van der Waals surface area contributed by atoms with E-state index in [1.807, 2.05) is 22.6 Å². The van der Waals surface area contributed by atoms with Crippen LogP contribution in [0.3, 0.4) is 0 Å². The van der Waals surface area contributed by atoms with Crippen molar-refractivity contribution < 1.29 is 9.32 Å². The van der Waals surface area contributed by atoms with E-state index in [4.69, 9.17) is 0 Å². The van der Waals surface area contributed by atoms with Gasteiger partial charge in [0.15, 0.2) is 6.29 Å². The lowest BCUT2D eigenvalue weighted by Gasteiger charge is -1.77. The number of rotatable bonds is 1. The molecular weight excluding hydrogens is 233 g/mol. The minimum Gasteiger partial charge on any atom is -0.352 e. The van der Waals surface area contributed by atoms with Crippen molar-refractivity contribution in [3.05, 3.63) is 15.0 Å². The van der Waals surface area contributed by atoms with Crippen molar-refractivity contribution in [2.45, 2.75) is 6.92 Å². The fourth-order valence-corrected chi connectivity index (χ4v) is 0.773. The molecule has 0 saturated heterocycles. The molecule has 48 valence electrons. The highest BCUT2D eigenvalue weighted by Gasteiger charge is 2.06. The van der Waals surface area contributed by atoms with Crippen LogP contribution in [0.15, 0.2) is 4.52 Å². The van der Waals surface area contributed by atoms with Crippen LogP contribution in [0.1, 0.15) is 16.2 Å². The van der Waals surface area contributed by atoms with E-state index < -0.39 is 0 Å². The first-order valence-corrected chi connectivity index (χ1v) is 3.40. The average molecular weight is 237 g/mol. The molecule has 0 aliphatic rings. The molecule has 0 aliphatic heterocycles. The minimum absolute atomic E-state index is 0.313. The molecule has 0 radical (unpaired) electrons. The molecule has 0 fully saturated rings. The zero-order valence-electron chi connectivity index (χ0n) is 4.72. The highest BCUT2D eigenvalue weighted by Crippen LogP contribution is 2.12. The molecule has 0 atom stereocenters. The van der Waals surface area contributed by atoms with Crippen LogP contribution in [0.5, 0.6) is 0 Å². The lowest BCUT2D eigenvalue weighted by molar-refractivity contribution is 0.109. The Labute approximate surface area is 65.5 Å². The molecule has 1 heterocycles. The van der Waals surface area contributed by atoms with Crippen molar-refractivity contribution in [2.75, 3.05) is 0 Å². The summed E-state index contributed by atoms with van der Waals surface area (Å²) in [5, 5.41) is 3.57. The number of carbonyl (C=O) groups is 1. The maximum atomic E-state index is 10.1. The van der Waals surface area contributed by atoms with Gasteiger partial charge in [-0.25, -0.2) is 0 Å². The summed E-state index contributed by atoms with van der Waals surface area (Å²) in [4.78, 5) is 10.1. The average Bonchev–Trinajstić information content (AvgIpc) is 2.15. The van der Waals surface area contributed by atoms with Crippen molar-refractivity contribution in [1.29, 1.82) is 0 Å². The van der Waals surface area contributed by atoms with Gasteiger partial charge in [0.2, 0.25) is 5.76 Å². The van der Waals surface area contributed by atoms with Gasteiger partial charge >= 0.3 is 0 Å². The van der Waals surface area contributed by atoms with Crippen LogP contribution in [-0.2, 0) is 0 Å². The second-order valence-electron chi connectivity index (χ2n) is 1.56. The Morgan fingerprint density at radius 1 is 1.78 bits per heavy atom. The molecule has 1 aromatic heterocycles. The van der Waals surface area contributed by atoms with Gasteiger partial charge in [0.05, 0.1) is 9.26 Å². The Kier molecular flexibility index (Phi) is 1.84. The Morgan fingerprint density at radius 2 is 2.44 bits per heavy atom. The minimum atomic E-state index is 0.313. The van der Waals surface area contributed by atoms with Crippen molar-refractivity contribution >= 4 is 28.9 Å². The molecule has 9 heavy (non-hydrogen) atoms. The third-order valence-electron chi connectivity index (χ3n) is 0.922. The van der Waals surface area contributed by atoms with Crippen LogP contribution in [0, 0.1) is 10.5 Å². The quantitative estimate of drug-likeness (QED) is 0.547. The van der Waals surface area contributed by atoms with Gasteiger partial charge in [-0.05, 0) is 29.5 Å². The number of aryl methyl sites for hydroxylation is 1. The molecule has 1 aromatic rings. The number of nitrogens with zero attached hydrogens (tertiary/aromatic N) is 1. The highest BCUT2D eigenvalue weighted by atomic mass is 127. The lowest BCUT2D eigenvalue weighted by atomic mass is 10.4. The predicted molar refractivity (Wildman–Crippen MR) is 39.3 cm³/mol. The van der Waals surface area contributed by atoms with E-state index in [0.29, 0.717) is 12.0 Å². The largest absolute Gasteiger partial charge is 0.352 e. The smallest absolute Gasteiger partial charge is 0.212 e. The first-order chi connectivity index (χ1) is 4.25. The summed E-state index contributed by atoms with van der Waals surface area (Å²) in [5.41, 5.74) is 0.762. The second-order valence-corrected chi connectivity index (χ2v) is 2.64. The molecule has 0 saturated carbocycles. The van der Waals surface area contributed by atoms with Gasteiger partial charge in [-0.2, -0.15) is 0 Å². The molecule has 0 unspecified atom stereocenters. The Bertz CT molecular complexity index is 231. The molecule has 0 bridgehead atoms. The van der Waals surface area contributed by atoms with Crippen molar-refractivity contribution in [2.24, 2.45) is 0 Å². The summed E-state index contributed by atoms with van der Waals surface area (Å²) >= 11 is 2.01. The normalized spacial score (nSPS) is 9.56.